The van der Waals surface area contributed by atoms with Gasteiger partial charge in [0.1, 0.15) is 23.3 Å². The number of nitrogens with zero attached hydrogens (tertiary/aromatic N) is 5. The van der Waals surface area contributed by atoms with Crippen LogP contribution in [0.4, 0.5) is 14.4 Å². The summed E-state index contributed by atoms with van der Waals surface area (Å²) >= 11 is 0. The number of carbonyl (C=O) groups excluding carboxylic acids is 3. The maximum absolute atomic E-state index is 13.0. The van der Waals surface area contributed by atoms with Gasteiger partial charge in [-0.2, -0.15) is 0 Å². The number of ether oxygens (including phenoxy) is 2. The predicted octanol–water partition coefficient (Wildman–Crippen LogP) is 4.00. The van der Waals surface area contributed by atoms with E-state index in [0.717, 1.165) is 5.06 Å². The molecule has 3 aliphatic heterocycles. The number of nitrogens with one attached hydrogen (secondary N) is 1. The summed E-state index contributed by atoms with van der Waals surface area (Å²) < 4.78 is 16.9. The molecule has 4 rings (SSSR count). The minimum atomic E-state index is -0.719. The van der Waals surface area contributed by atoms with Gasteiger partial charge >= 0.3 is 18.2 Å². The summed E-state index contributed by atoms with van der Waals surface area (Å²) in [5, 5.41) is 21.8. The van der Waals surface area contributed by atoms with Gasteiger partial charge in [-0.05, 0) is 60.8 Å². The molecule has 0 aliphatic carbocycles. The Morgan fingerprint density at radius 3 is 2.16 bits per heavy atom. The number of piperidine rings is 1. The van der Waals surface area contributed by atoms with Gasteiger partial charge in [0, 0.05) is 13.1 Å². The van der Waals surface area contributed by atoms with Crippen molar-refractivity contribution in [1.82, 2.24) is 30.4 Å². The van der Waals surface area contributed by atoms with Gasteiger partial charge in [-0.15, -0.1) is 10.2 Å². The van der Waals surface area contributed by atoms with Crippen LogP contribution in [0.1, 0.15) is 98.5 Å². The molecule has 1 aromatic heterocycles. The minimum Gasteiger partial charge on any atom is -0.444 e. The lowest BCUT2D eigenvalue weighted by molar-refractivity contribution is -0.0584. The Morgan fingerprint density at radius 2 is 1.57 bits per heavy atom. The lowest BCUT2D eigenvalue weighted by atomic mass is 10.0. The number of likely N-dealkylation sites (tertiary alicyclic amines) is 1. The molecule has 0 radical (unpaired) electrons. The highest BCUT2D eigenvalue weighted by Crippen LogP contribution is 2.39. The number of urea groups is 1. The summed E-state index contributed by atoms with van der Waals surface area (Å²) in [4.78, 5) is 40.6. The number of alkyl carbamates (subject to hydrolysis) is 1. The molecule has 0 aromatic carbocycles. The fourth-order valence-corrected chi connectivity index (χ4v) is 4.59. The van der Waals surface area contributed by atoms with Gasteiger partial charge in [0.25, 0.3) is 0 Å². The van der Waals surface area contributed by atoms with E-state index in [1.807, 2.05) is 13.8 Å². The molecule has 37 heavy (non-hydrogen) atoms. The summed E-state index contributed by atoms with van der Waals surface area (Å²) in [6.45, 7) is 15.2. The van der Waals surface area contributed by atoms with Crippen molar-refractivity contribution < 1.29 is 33.5 Å². The number of rotatable bonds is 3. The molecular formula is C24H40N6O7. The highest BCUT2D eigenvalue weighted by molar-refractivity contribution is 5.76. The molecule has 3 aliphatic rings. The van der Waals surface area contributed by atoms with Crippen LogP contribution < -0.4 is 5.32 Å². The fraction of sp³-hybridized carbons (Fsp3) is 0.792. The zero-order chi connectivity index (χ0) is 27.7. The normalized spacial score (nSPS) is 25.5. The highest BCUT2D eigenvalue weighted by Gasteiger charge is 2.48. The lowest BCUT2D eigenvalue weighted by Gasteiger charge is -2.28. The molecule has 4 heterocycles. The molecular weight excluding hydrogens is 484 g/mol. The average Bonchev–Trinajstić information content (AvgIpc) is 3.48. The van der Waals surface area contributed by atoms with Crippen molar-refractivity contribution >= 4 is 18.2 Å². The van der Waals surface area contributed by atoms with Gasteiger partial charge in [0.2, 0.25) is 11.8 Å². The summed E-state index contributed by atoms with van der Waals surface area (Å²) in [7, 11) is 0. The Balaban J connectivity index is 0.00000186. The molecule has 4 amide bonds. The molecule has 0 saturated carbocycles. The van der Waals surface area contributed by atoms with Crippen LogP contribution in [0.2, 0.25) is 0 Å². The second-order valence-electron chi connectivity index (χ2n) is 11.2. The molecule has 3 saturated heterocycles. The van der Waals surface area contributed by atoms with Crippen LogP contribution in [0.5, 0.6) is 0 Å². The molecule has 1 aromatic rings. The first-order valence-corrected chi connectivity index (χ1v) is 12.8. The van der Waals surface area contributed by atoms with E-state index in [4.69, 9.17) is 13.9 Å². The number of hydroxylamine groups is 2. The van der Waals surface area contributed by atoms with Crippen LogP contribution in [0, 0.1) is 0 Å². The maximum Gasteiger partial charge on any atom is 0.411 e. The molecule has 3 fully saturated rings. The summed E-state index contributed by atoms with van der Waals surface area (Å²) in [5.41, 5.74) is -1.38. The first-order chi connectivity index (χ1) is 17.2. The van der Waals surface area contributed by atoms with Gasteiger partial charge in [-0.1, -0.05) is 13.8 Å². The van der Waals surface area contributed by atoms with E-state index in [0.29, 0.717) is 25.8 Å². The van der Waals surface area contributed by atoms with Crippen molar-refractivity contribution in [3.8, 4) is 0 Å². The monoisotopic (exact) mass is 524 g/mol. The topological polar surface area (TPSA) is 151 Å². The summed E-state index contributed by atoms with van der Waals surface area (Å²) in [6.07, 6.45) is 0.340. The van der Waals surface area contributed by atoms with Gasteiger partial charge in [-0.25, -0.2) is 19.4 Å². The Bertz CT molecular complexity index is 985. The van der Waals surface area contributed by atoms with E-state index in [2.05, 4.69) is 15.5 Å². The predicted molar refractivity (Wildman–Crippen MR) is 131 cm³/mol. The van der Waals surface area contributed by atoms with Crippen LogP contribution in [-0.2, 0) is 9.47 Å². The van der Waals surface area contributed by atoms with E-state index < -0.39 is 47.5 Å². The van der Waals surface area contributed by atoms with Crippen molar-refractivity contribution in [3.63, 3.8) is 0 Å². The van der Waals surface area contributed by atoms with E-state index in [9.17, 15) is 19.6 Å². The minimum absolute atomic E-state index is 0.172. The largest absolute Gasteiger partial charge is 0.444 e. The van der Waals surface area contributed by atoms with Crippen molar-refractivity contribution in [1.29, 1.82) is 0 Å². The zero-order valence-corrected chi connectivity index (χ0v) is 23.0. The molecule has 0 spiro atoms. The Morgan fingerprint density at radius 1 is 0.973 bits per heavy atom. The zero-order valence-electron chi connectivity index (χ0n) is 23.0. The average molecular weight is 525 g/mol. The number of hydrogen-bond acceptors (Lipinski definition) is 9. The second-order valence-corrected chi connectivity index (χ2v) is 11.2. The standard InChI is InChI=1S/C22H34N6O7.C2H6/c1-21(2,3)34-18(29)23-12-9-15(27(10-12)20(31)35-22(4,5)6)17-25-24-16(33-17)14-8-7-13-11-26(14)19(30)28(13)32;1-2/h12-15,32H,7-11H2,1-6H3,(H,23,29);1-2H3/t12?,13?,14-,15?;/m0./s1. The smallest absolute Gasteiger partial charge is 0.411 e. The van der Waals surface area contributed by atoms with Gasteiger partial charge in [0.05, 0.1) is 12.1 Å². The Kier molecular flexibility index (Phi) is 8.25. The van der Waals surface area contributed by atoms with Gasteiger partial charge < -0.3 is 24.1 Å². The van der Waals surface area contributed by atoms with Crippen LogP contribution in [-0.4, -0.2) is 84.9 Å². The number of aromatic nitrogens is 2. The van der Waals surface area contributed by atoms with Crippen LogP contribution in [0.3, 0.4) is 0 Å². The van der Waals surface area contributed by atoms with Crippen LogP contribution in [0.15, 0.2) is 4.42 Å². The lowest BCUT2D eigenvalue weighted by Crippen LogP contribution is -2.42. The highest BCUT2D eigenvalue weighted by atomic mass is 16.6. The van der Waals surface area contributed by atoms with Crippen molar-refractivity contribution in [2.45, 2.75) is 110 Å². The third-order valence-electron chi connectivity index (χ3n) is 6.02. The Hall–Kier alpha value is -3.09. The first kappa shape index (κ1) is 28.5. The SMILES string of the molecule is CC.CC(C)(C)OC(=O)NC1CC(c2nnc([C@@H]3CCC4CN3C(=O)N4O)o2)N(C(=O)OC(C)(C)C)C1. The van der Waals surface area contributed by atoms with E-state index in [-0.39, 0.29) is 24.4 Å². The molecule has 2 bridgehead atoms. The van der Waals surface area contributed by atoms with Crippen molar-refractivity contribution in [3.05, 3.63) is 11.8 Å². The quantitative estimate of drug-likeness (QED) is 0.559. The number of amides is 4. The van der Waals surface area contributed by atoms with E-state index in [1.54, 1.807) is 41.5 Å². The number of fused-ring (bicyclic) bond motifs is 2. The molecule has 13 nitrogen and oxygen atoms in total. The molecule has 4 atom stereocenters. The van der Waals surface area contributed by atoms with Gasteiger partial charge in [-0.3, -0.25) is 10.1 Å². The van der Waals surface area contributed by atoms with Crippen molar-refractivity contribution in [2.75, 3.05) is 13.1 Å². The van der Waals surface area contributed by atoms with Crippen LogP contribution >= 0.6 is 0 Å². The molecule has 2 N–H and O–H groups in total. The van der Waals surface area contributed by atoms with Crippen LogP contribution in [0.25, 0.3) is 0 Å². The molecule has 208 valence electrons. The fourth-order valence-electron chi connectivity index (χ4n) is 4.59. The summed E-state index contributed by atoms with van der Waals surface area (Å²) in [5.74, 6) is 0.434. The third-order valence-corrected chi connectivity index (χ3v) is 6.02. The third kappa shape index (κ3) is 6.62. The first-order valence-electron chi connectivity index (χ1n) is 12.8. The van der Waals surface area contributed by atoms with E-state index in [1.165, 1.54) is 9.80 Å². The van der Waals surface area contributed by atoms with Gasteiger partial charge in [0.15, 0.2) is 0 Å². The number of carbonyl (C=O) groups is 3. The molecule has 3 unspecified atom stereocenters. The maximum atomic E-state index is 13.0. The van der Waals surface area contributed by atoms with E-state index >= 15 is 0 Å². The number of hydrogen-bond donors (Lipinski definition) is 2. The molecule has 13 heteroatoms. The summed E-state index contributed by atoms with van der Waals surface area (Å²) in [6, 6.07) is -2.24. The van der Waals surface area contributed by atoms with Crippen molar-refractivity contribution in [2.24, 2.45) is 0 Å². The second kappa shape index (κ2) is 10.7. The Labute approximate surface area is 217 Å².